The van der Waals surface area contributed by atoms with Crippen LogP contribution in [-0.4, -0.2) is 49.7 Å². The van der Waals surface area contributed by atoms with Crippen LogP contribution in [0.3, 0.4) is 0 Å². The number of amides is 2. The van der Waals surface area contributed by atoms with E-state index in [0.29, 0.717) is 0 Å². The number of benzene rings is 6. The molecule has 6 aromatic rings. The van der Waals surface area contributed by atoms with Crippen LogP contribution in [0.4, 0.5) is 45.5 Å². The van der Waals surface area contributed by atoms with Crippen molar-refractivity contribution >= 4 is 111 Å². The fourth-order valence-corrected chi connectivity index (χ4v) is 6.76. The zero-order valence-electron chi connectivity index (χ0n) is 33.1. The van der Waals surface area contributed by atoms with Gasteiger partial charge >= 0.3 is 118 Å². The molecule has 6 aromatic carbocycles. The Balaban J connectivity index is 0.00000341. The maximum absolute atomic E-state index is 13.5. The Bertz CT molecular complexity index is 2880. The molecule has 0 unspecified atom stereocenters. The fraction of sp³-hybridized carbons (Fsp3) is 0. The predicted molar refractivity (Wildman–Crippen MR) is 198 cm³/mol. The molecule has 6 rings (SSSR count). The maximum Gasteiger partial charge on any atom is 1.00 e. The van der Waals surface area contributed by atoms with Crippen molar-refractivity contribution in [3.05, 3.63) is 97.1 Å². The largest absolute Gasteiger partial charge is 1.00 e. The molecule has 300 valence electrons. The van der Waals surface area contributed by atoms with Crippen LogP contribution in [-0.2, 0) is 39.4 Å². The van der Waals surface area contributed by atoms with Crippen molar-refractivity contribution in [2.24, 2.45) is 20.5 Å². The minimum absolute atomic E-state index is 0. The van der Waals surface area contributed by atoms with E-state index in [0.717, 1.165) is 24.3 Å². The Labute approximate surface area is 444 Å². The van der Waals surface area contributed by atoms with Gasteiger partial charge in [-0.25, -0.2) is 0 Å². The summed E-state index contributed by atoms with van der Waals surface area (Å²) >= 11 is 0. The number of azo groups is 2. The van der Waals surface area contributed by atoms with Gasteiger partial charge in [0.25, 0.3) is 32.1 Å². The number of carboxylic acid groups (broad SMARTS) is 2. The average Bonchev–Trinajstić information content (AvgIpc) is 3.16. The van der Waals surface area contributed by atoms with Crippen molar-refractivity contribution in [2.75, 3.05) is 16.0 Å². The Morgan fingerprint density at radius 1 is 0.492 bits per heavy atom. The predicted octanol–water partition coefficient (Wildman–Crippen LogP) is -9.40. The van der Waals surface area contributed by atoms with E-state index in [-0.39, 0.29) is 174 Å². The molecule has 0 aliphatic rings. The first-order valence-electron chi connectivity index (χ1n) is 16.1. The van der Waals surface area contributed by atoms with E-state index in [4.69, 9.17) is 0 Å². The van der Waals surface area contributed by atoms with Gasteiger partial charge in [-0.2, -0.15) is 27.1 Å². The van der Waals surface area contributed by atoms with Gasteiger partial charge in [-0.3, -0.25) is 18.7 Å². The first-order valence-corrected chi connectivity index (χ1v) is 19.0. The third-order valence-corrected chi connectivity index (χ3v) is 9.75. The van der Waals surface area contributed by atoms with Crippen molar-refractivity contribution in [2.45, 2.75) is 9.79 Å². The Hall–Kier alpha value is -3.86. The van der Waals surface area contributed by atoms with Crippen LogP contribution in [0.2, 0.25) is 0 Å². The molecule has 63 heavy (non-hydrogen) atoms. The van der Waals surface area contributed by atoms with Gasteiger partial charge in [0.05, 0.1) is 22.7 Å². The van der Waals surface area contributed by atoms with Crippen molar-refractivity contribution < 1.29 is 184 Å². The smallest absolute Gasteiger partial charge is 0.871 e. The number of aliphatic carboxylic acids is 2. The first-order chi connectivity index (χ1) is 27.8. The van der Waals surface area contributed by atoms with Gasteiger partial charge in [-0.15, -0.1) is 10.2 Å². The average molecular weight is 932 g/mol. The van der Waals surface area contributed by atoms with E-state index in [9.17, 15) is 65.5 Å². The molecule has 0 atom stereocenters. The van der Waals surface area contributed by atoms with Crippen LogP contribution in [0.15, 0.2) is 127 Å². The van der Waals surface area contributed by atoms with Gasteiger partial charge in [0, 0.05) is 22.7 Å². The van der Waals surface area contributed by atoms with Crippen molar-refractivity contribution in [1.82, 2.24) is 0 Å². The van der Waals surface area contributed by atoms with E-state index in [1.807, 2.05) is 10.6 Å². The first kappa shape index (κ1) is 55.3. The monoisotopic (exact) mass is 931 g/mol. The van der Waals surface area contributed by atoms with Crippen molar-refractivity contribution in [1.29, 1.82) is 0 Å². The van der Waals surface area contributed by atoms with E-state index >= 15 is 0 Å². The third-order valence-electron chi connectivity index (χ3n) is 8.02. The number of anilines is 4. The van der Waals surface area contributed by atoms with Crippen LogP contribution in [0, 0.1) is 0 Å². The Morgan fingerprint density at radius 3 is 1.19 bits per heavy atom. The topological polar surface area (TPSA) is 355 Å². The Morgan fingerprint density at radius 2 is 0.857 bits per heavy atom. The third kappa shape index (κ3) is 13.6. The van der Waals surface area contributed by atoms with E-state index in [1.165, 1.54) is 72.8 Å². The number of carbonyl (C=O) groups excluding carboxylic acids is 4. The number of hydrogen-bond donors (Lipinski definition) is 5. The molecule has 0 aliphatic heterocycles. The second kappa shape index (κ2) is 22.9. The second-order valence-corrected chi connectivity index (χ2v) is 14.8. The molecule has 0 radical (unpaired) electrons. The summed E-state index contributed by atoms with van der Waals surface area (Å²) in [5.41, 5.74) is -1.22. The van der Waals surface area contributed by atoms with Crippen LogP contribution in [0.5, 0.6) is 11.5 Å². The number of rotatable bonds is 10. The standard InChI is InChI=1S/C36H25N7O14S2.4Na/c44-31-25-9-7-21(11-17(25)13-27(58(52,53)54)29(31)42-40-23-5-1-3-19(15-23)38-33(46)35(48)49)37-22-8-10-26-18(12-22)14-28(59(55,56)57)30(32(26)45)43-41-24-6-2-4-20(16-24)39-34(47)36(50)51;;;;/h1-16,37,44-45H,(H,38,46)(H,39,47)(H,48,49)(H,50,51)(H,52,53,54)(H,55,56,57);;;;/q;4*+1/p-4. The number of hydrogen-bond acceptors (Lipinski definition) is 17. The summed E-state index contributed by atoms with van der Waals surface area (Å²) in [5, 5.41) is 70.4. The van der Waals surface area contributed by atoms with Crippen LogP contribution >= 0.6 is 0 Å². The van der Waals surface area contributed by atoms with Crippen molar-refractivity contribution in [3.8, 4) is 11.5 Å². The molecule has 0 bridgehead atoms. The minimum atomic E-state index is -5.09. The van der Waals surface area contributed by atoms with Gasteiger partial charge in [0.15, 0.2) is 0 Å². The molecule has 27 heteroatoms. The van der Waals surface area contributed by atoms with Gasteiger partial charge < -0.3 is 46.0 Å². The molecule has 0 heterocycles. The summed E-state index contributed by atoms with van der Waals surface area (Å²) in [6.07, 6.45) is 0. The maximum atomic E-state index is 13.5. The number of carbonyl (C=O) groups is 4. The second-order valence-electron chi connectivity index (χ2n) is 12.0. The zero-order valence-corrected chi connectivity index (χ0v) is 42.8. The molecule has 2 amide bonds. The molecular weight excluding hydrogens is 911 g/mol. The molecule has 0 saturated heterocycles. The van der Waals surface area contributed by atoms with E-state index in [1.54, 1.807) is 0 Å². The van der Waals surface area contributed by atoms with Gasteiger partial charge in [0.1, 0.15) is 21.7 Å². The molecule has 21 nitrogen and oxygen atoms in total. The quantitative estimate of drug-likeness (QED) is 0.0369. The minimum Gasteiger partial charge on any atom is -0.871 e. The summed E-state index contributed by atoms with van der Waals surface area (Å²) < 4.78 is 69.6. The Kier molecular flexibility index (Phi) is 20.0. The number of carboxylic acids is 2. The summed E-state index contributed by atoms with van der Waals surface area (Å²) in [4.78, 5) is 42.5. The van der Waals surface area contributed by atoms with Crippen molar-refractivity contribution in [3.63, 3.8) is 0 Å². The molecule has 0 fully saturated rings. The summed E-state index contributed by atoms with van der Waals surface area (Å²) in [6.45, 7) is 0. The molecule has 0 spiro atoms. The number of fused-ring (bicyclic) bond motifs is 2. The molecule has 0 saturated carbocycles. The van der Waals surface area contributed by atoms with E-state index < -0.39 is 76.7 Å². The van der Waals surface area contributed by atoms with Gasteiger partial charge in [0.2, 0.25) is 0 Å². The summed E-state index contributed by atoms with van der Waals surface area (Å²) in [7, 11) is -10.2. The summed E-state index contributed by atoms with van der Waals surface area (Å²) in [6, 6.07) is 20.4. The number of nitrogens with zero attached hydrogens (tertiary/aromatic N) is 4. The molecule has 0 aliphatic carbocycles. The molecular formula is C36H21N7Na4O14S2. The SMILES string of the molecule is O=C([O-])C(=O)Nc1cccc(N=Nc2c(S(=O)(=O)O)cc3cc(Nc4ccc5c([O-])c(N=Nc6cccc(NC(=O)C(=O)[O-])c6)c(S(=O)(=O)O)cc5c4)ccc3c2[O-])c1.[Na+].[Na+].[Na+].[Na+]. The van der Waals surface area contributed by atoms with Crippen LogP contribution < -0.4 is 155 Å². The van der Waals surface area contributed by atoms with Gasteiger partial charge in [-0.05, 0) is 94.3 Å². The van der Waals surface area contributed by atoms with Crippen LogP contribution in [0.25, 0.3) is 21.5 Å². The molecule has 0 aromatic heterocycles. The fourth-order valence-electron chi connectivity index (χ4n) is 5.45. The van der Waals surface area contributed by atoms with E-state index in [2.05, 4.69) is 25.8 Å². The zero-order chi connectivity index (χ0) is 42.8. The normalized spacial score (nSPS) is 11.1. The number of nitrogens with one attached hydrogen (secondary N) is 3. The molecule has 5 N–H and O–H groups in total. The van der Waals surface area contributed by atoms with Crippen LogP contribution in [0.1, 0.15) is 0 Å². The van der Waals surface area contributed by atoms with Gasteiger partial charge in [-0.1, -0.05) is 35.8 Å². The summed E-state index contributed by atoms with van der Waals surface area (Å²) in [5.74, 6) is -8.82.